The number of carboxylic acid groups (broad SMARTS) is 1. The van der Waals surface area contributed by atoms with E-state index in [0.717, 1.165) is 19.4 Å². The normalized spacial score (nSPS) is 22.2. The van der Waals surface area contributed by atoms with Crippen LogP contribution in [0.15, 0.2) is 18.2 Å². The first-order valence-electron chi connectivity index (χ1n) is 6.58. The van der Waals surface area contributed by atoms with E-state index in [0.29, 0.717) is 11.6 Å². The molecule has 1 aromatic rings. The summed E-state index contributed by atoms with van der Waals surface area (Å²) >= 11 is 0. The first kappa shape index (κ1) is 14.3. The lowest BCUT2D eigenvalue weighted by atomic mass is 9.94. The molecule has 2 atom stereocenters. The zero-order chi connectivity index (χ0) is 14.7. The molecule has 1 heterocycles. The van der Waals surface area contributed by atoms with Crippen LogP contribution in [0.1, 0.15) is 30.1 Å². The number of hydrogen-bond donors (Lipinski definition) is 4. The SMILES string of the molecule is CC1CCNC(C(=O)Nc2ccc(C(=O)O)c(O)c2)C1. The second-order valence-corrected chi connectivity index (χ2v) is 5.16. The molecule has 1 amide bonds. The highest BCUT2D eigenvalue weighted by Gasteiger charge is 2.24. The number of rotatable bonds is 3. The molecule has 0 radical (unpaired) electrons. The molecule has 108 valence electrons. The Balaban J connectivity index is 2.04. The van der Waals surface area contributed by atoms with Crippen LogP contribution in [-0.4, -0.2) is 34.7 Å². The van der Waals surface area contributed by atoms with Gasteiger partial charge in [0.25, 0.3) is 0 Å². The first-order valence-corrected chi connectivity index (χ1v) is 6.58. The highest BCUT2D eigenvalue weighted by molar-refractivity contribution is 5.96. The smallest absolute Gasteiger partial charge is 0.339 e. The van der Waals surface area contributed by atoms with Gasteiger partial charge in [-0.25, -0.2) is 4.79 Å². The maximum Gasteiger partial charge on any atom is 0.339 e. The van der Waals surface area contributed by atoms with Crippen molar-refractivity contribution in [2.24, 2.45) is 5.92 Å². The number of amides is 1. The number of hydrogen-bond acceptors (Lipinski definition) is 4. The van der Waals surface area contributed by atoms with Gasteiger partial charge in [0, 0.05) is 11.8 Å². The number of benzene rings is 1. The summed E-state index contributed by atoms with van der Waals surface area (Å²) in [6, 6.07) is 3.73. The number of carbonyl (C=O) groups excluding carboxylic acids is 1. The Kier molecular flexibility index (Phi) is 4.24. The van der Waals surface area contributed by atoms with E-state index in [1.54, 1.807) is 0 Å². The molecule has 1 aliphatic rings. The van der Waals surface area contributed by atoms with E-state index in [1.807, 2.05) is 0 Å². The molecule has 20 heavy (non-hydrogen) atoms. The Labute approximate surface area is 116 Å². The maximum absolute atomic E-state index is 12.1. The molecule has 1 aliphatic heterocycles. The van der Waals surface area contributed by atoms with Gasteiger partial charge in [0.15, 0.2) is 0 Å². The van der Waals surface area contributed by atoms with Crippen molar-refractivity contribution in [1.82, 2.24) is 5.32 Å². The highest BCUT2D eigenvalue weighted by atomic mass is 16.4. The van der Waals surface area contributed by atoms with E-state index in [4.69, 9.17) is 5.11 Å². The predicted octanol–water partition coefficient (Wildman–Crippen LogP) is 1.42. The molecule has 1 aromatic carbocycles. The third-order valence-electron chi connectivity index (χ3n) is 3.48. The number of nitrogens with one attached hydrogen (secondary N) is 2. The van der Waals surface area contributed by atoms with E-state index in [1.165, 1.54) is 18.2 Å². The van der Waals surface area contributed by atoms with Crippen LogP contribution in [0.3, 0.4) is 0 Å². The van der Waals surface area contributed by atoms with Crippen molar-refractivity contribution in [3.8, 4) is 5.75 Å². The Bertz CT molecular complexity index is 530. The van der Waals surface area contributed by atoms with Gasteiger partial charge in [-0.1, -0.05) is 6.92 Å². The number of aromatic hydroxyl groups is 1. The van der Waals surface area contributed by atoms with Crippen molar-refractivity contribution < 1.29 is 19.8 Å². The molecule has 2 rings (SSSR count). The lowest BCUT2D eigenvalue weighted by molar-refractivity contribution is -0.119. The average Bonchev–Trinajstić information content (AvgIpc) is 2.38. The molecule has 4 N–H and O–H groups in total. The van der Waals surface area contributed by atoms with Crippen LogP contribution < -0.4 is 10.6 Å². The molecule has 2 unspecified atom stereocenters. The Hall–Kier alpha value is -2.08. The van der Waals surface area contributed by atoms with E-state index < -0.39 is 5.97 Å². The second kappa shape index (κ2) is 5.92. The Morgan fingerprint density at radius 2 is 2.15 bits per heavy atom. The Morgan fingerprint density at radius 1 is 1.40 bits per heavy atom. The van der Waals surface area contributed by atoms with Gasteiger partial charge in [0.2, 0.25) is 5.91 Å². The predicted molar refractivity (Wildman–Crippen MR) is 73.9 cm³/mol. The lowest BCUT2D eigenvalue weighted by Gasteiger charge is -2.27. The van der Waals surface area contributed by atoms with Gasteiger partial charge in [0.1, 0.15) is 11.3 Å². The minimum absolute atomic E-state index is 0.168. The molecule has 0 aromatic heterocycles. The molecule has 1 saturated heterocycles. The van der Waals surface area contributed by atoms with Gasteiger partial charge in [-0.05, 0) is 37.4 Å². The molecule has 0 spiro atoms. The number of phenols is 1. The van der Waals surface area contributed by atoms with Crippen molar-refractivity contribution in [2.45, 2.75) is 25.8 Å². The third kappa shape index (κ3) is 3.27. The van der Waals surface area contributed by atoms with Gasteiger partial charge in [0.05, 0.1) is 6.04 Å². The van der Waals surface area contributed by atoms with Crippen LogP contribution in [0.5, 0.6) is 5.75 Å². The fraction of sp³-hybridized carbons (Fsp3) is 0.429. The fourth-order valence-electron chi connectivity index (χ4n) is 2.33. The summed E-state index contributed by atoms with van der Waals surface area (Å²) < 4.78 is 0. The van der Waals surface area contributed by atoms with Crippen molar-refractivity contribution in [2.75, 3.05) is 11.9 Å². The molecule has 6 nitrogen and oxygen atoms in total. The van der Waals surface area contributed by atoms with Gasteiger partial charge in [-0.15, -0.1) is 0 Å². The zero-order valence-corrected chi connectivity index (χ0v) is 11.2. The standard InChI is InChI=1S/C14H18N2O4/c1-8-4-5-15-11(6-8)13(18)16-9-2-3-10(14(19)20)12(17)7-9/h2-3,7-8,11,15,17H,4-6H2,1H3,(H,16,18)(H,19,20). The summed E-state index contributed by atoms with van der Waals surface area (Å²) in [5.41, 5.74) is 0.199. The third-order valence-corrected chi connectivity index (χ3v) is 3.48. The van der Waals surface area contributed by atoms with Crippen LogP contribution in [0.2, 0.25) is 0 Å². The largest absolute Gasteiger partial charge is 0.507 e. The summed E-state index contributed by atoms with van der Waals surface area (Å²) in [7, 11) is 0. The van der Waals surface area contributed by atoms with Crippen molar-refractivity contribution in [3.63, 3.8) is 0 Å². The monoisotopic (exact) mass is 278 g/mol. The zero-order valence-electron chi connectivity index (χ0n) is 11.2. The van der Waals surface area contributed by atoms with E-state index in [2.05, 4.69) is 17.6 Å². The summed E-state index contributed by atoms with van der Waals surface area (Å²) in [4.78, 5) is 22.9. The maximum atomic E-state index is 12.1. The van der Waals surface area contributed by atoms with Gasteiger partial charge < -0.3 is 20.8 Å². The summed E-state index contributed by atoms with van der Waals surface area (Å²) in [6.45, 7) is 2.91. The van der Waals surface area contributed by atoms with Crippen LogP contribution in [-0.2, 0) is 4.79 Å². The van der Waals surface area contributed by atoms with Crippen LogP contribution >= 0.6 is 0 Å². The summed E-state index contributed by atoms with van der Waals surface area (Å²) in [6.07, 6.45) is 1.82. The minimum Gasteiger partial charge on any atom is -0.507 e. The Morgan fingerprint density at radius 3 is 2.75 bits per heavy atom. The molecule has 1 fully saturated rings. The molecular formula is C14H18N2O4. The minimum atomic E-state index is -1.21. The lowest BCUT2D eigenvalue weighted by Crippen LogP contribution is -2.45. The second-order valence-electron chi connectivity index (χ2n) is 5.16. The van der Waals surface area contributed by atoms with E-state index in [9.17, 15) is 14.7 Å². The van der Waals surface area contributed by atoms with Crippen molar-refractivity contribution in [3.05, 3.63) is 23.8 Å². The van der Waals surface area contributed by atoms with Crippen molar-refractivity contribution >= 4 is 17.6 Å². The molecule has 0 aliphatic carbocycles. The van der Waals surface area contributed by atoms with Crippen molar-refractivity contribution in [1.29, 1.82) is 0 Å². The molecule has 6 heteroatoms. The van der Waals surface area contributed by atoms with Gasteiger partial charge in [-0.2, -0.15) is 0 Å². The van der Waals surface area contributed by atoms with Crippen LogP contribution in [0.4, 0.5) is 5.69 Å². The topological polar surface area (TPSA) is 98.7 Å². The highest BCUT2D eigenvalue weighted by Crippen LogP contribution is 2.23. The van der Waals surface area contributed by atoms with Crippen LogP contribution in [0, 0.1) is 5.92 Å². The molecular weight excluding hydrogens is 260 g/mol. The number of carboxylic acids is 1. The average molecular weight is 278 g/mol. The first-order chi connectivity index (χ1) is 9.47. The van der Waals surface area contributed by atoms with E-state index >= 15 is 0 Å². The molecule has 0 bridgehead atoms. The number of carbonyl (C=O) groups is 2. The number of piperidine rings is 1. The van der Waals surface area contributed by atoms with Gasteiger partial charge in [-0.3, -0.25) is 4.79 Å². The fourth-order valence-corrected chi connectivity index (χ4v) is 2.33. The van der Waals surface area contributed by atoms with E-state index in [-0.39, 0.29) is 23.3 Å². The van der Waals surface area contributed by atoms with Crippen LogP contribution in [0.25, 0.3) is 0 Å². The van der Waals surface area contributed by atoms with Gasteiger partial charge >= 0.3 is 5.97 Å². The molecule has 0 saturated carbocycles. The quantitative estimate of drug-likeness (QED) is 0.670. The number of anilines is 1. The number of aromatic carboxylic acids is 1. The summed E-state index contributed by atoms with van der Waals surface area (Å²) in [5, 5.41) is 24.2. The summed E-state index contributed by atoms with van der Waals surface area (Å²) in [5.74, 6) is -1.24.